The number of hydrogen-bond acceptors (Lipinski definition) is 4. The highest BCUT2D eigenvalue weighted by Crippen LogP contribution is 2.48. The van der Waals surface area contributed by atoms with Gasteiger partial charge in [0.05, 0.1) is 10.2 Å². The van der Waals surface area contributed by atoms with E-state index < -0.39 is 0 Å². The summed E-state index contributed by atoms with van der Waals surface area (Å²) in [5, 5.41) is 11.2. The summed E-state index contributed by atoms with van der Waals surface area (Å²) in [4.78, 5) is 2.22. The van der Waals surface area contributed by atoms with Gasteiger partial charge >= 0.3 is 0 Å². The molecule has 2 N–H and O–H groups in total. The number of nitrogens with two attached hydrogens (primary N) is 1. The molecule has 3 aromatic rings. The van der Waals surface area contributed by atoms with Crippen LogP contribution in [0, 0.1) is 17.1 Å². The van der Waals surface area contributed by atoms with Crippen LogP contribution >= 0.6 is 38.6 Å². The van der Waals surface area contributed by atoms with Crippen molar-refractivity contribution >= 4 is 44.3 Å². The van der Waals surface area contributed by atoms with E-state index in [0.717, 1.165) is 15.3 Å². The lowest BCUT2D eigenvalue weighted by molar-refractivity contribution is 0.622. The van der Waals surface area contributed by atoms with E-state index in [1.165, 1.54) is 17.4 Å². The number of hydrogen-bond donors (Lipinski definition) is 1. The molecule has 0 aliphatic carbocycles. The van der Waals surface area contributed by atoms with Crippen LogP contribution in [0.25, 0.3) is 20.9 Å². The number of halogens is 2. The predicted octanol–water partition coefficient (Wildman–Crippen LogP) is 5.50. The second-order valence-electron chi connectivity index (χ2n) is 4.24. The summed E-state index contributed by atoms with van der Waals surface area (Å²) in [5.74, 6) is -0.338. The quantitative estimate of drug-likeness (QED) is 0.639. The molecule has 104 valence electrons. The lowest BCUT2D eigenvalue weighted by Gasteiger charge is -2.06. The fraction of sp³-hybridized carbons (Fsp3) is 0. The van der Waals surface area contributed by atoms with E-state index in [2.05, 4.69) is 22.0 Å². The van der Waals surface area contributed by atoms with Crippen LogP contribution in [0.3, 0.4) is 0 Å². The summed E-state index contributed by atoms with van der Waals surface area (Å²) in [6.07, 6.45) is 0. The predicted molar refractivity (Wildman–Crippen MR) is 89.9 cm³/mol. The zero-order valence-electron chi connectivity index (χ0n) is 10.6. The molecule has 21 heavy (non-hydrogen) atoms. The Kier molecular flexibility index (Phi) is 3.81. The Labute approximate surface area is 137 Å². The molecule has 0 radical (unpaired) electrons. The number of thiophene rings is 2. The third-order valence-electron chi connectivity index (χ3n) is 3.01. The van der Waals surface area contributed by atoms with Crippen LogP contribution in [0.4, 0.5) is 10.1 Å². The second-order valence-corrected chi connectivity index (χ2v) is 7.00. The van der Waals surface area contributed by atoms with Gasteiger partial charge in [0.1, 0.15) is 16.8 Å². The molecule has 0 bridgehead atoms. The third-order valence-corrected chi connectivity index (χ3v) is 5.85. The number of nitriles is 1. The largest absolute Gasteiger partial charge is 0.396 e. The summed E-state index contributed by atoms with van der Waals surface area (Å²) in [5.41, 5.74) is 8.08. The minimum atomic E-state index is -0.338. The number of nitrogen functional groups attached to an aromatic ring is 1. The first-order valence-electron chi connectivity index (χ1n) is 5.94. The number of nitrogens with zero attached hydrogens (tertiary/aromatic N) is 1. The fourth-order valence-electron chi connectivity index (χ4n) is 2.06. The zero-order chi connectivity index (χ0) is 15.0. The van der Waals surface area contributed by atoms with Gasteiger partial charge in [-0.05, 0) is 33.4 Å². The SMILES string of the molecule is N#Cc1sc(-c2cccc(F)c2Br)c(-c2cccs2)c1N. The molecule has 0 aliphatic heterocycles. The van der Waals surface area contributed by atoms with Crippen molar-refractivity contribution in [1.29, 1.82) is 5.26 Å². The van der Waals surface area contributed by atoms with Gasteiger partial charge in [0.25, 0.3) is 0 Å². The molecule has 1 aromatic carbocycles. The molecule has 6 heteroatoms. The van der Waals surface area contributed by atoms with E-state index in [4.69, 9.17) is 5.73 Å². The molecule has 2 nitrogen and oxygen atoms in total. The lowest BCUT2D eigenvalue weighted by atomic mass is 10.1. The van der Waals surface area contributed by atoms with Crippen LogP contribution in [-0.4, -0.2) is 0 Å². The maximum absolute atomic E-state index is 13.8. The van der Waals surface area contributed by atoms with Gasteiger partial charge < -0.3 is 5.73 Å². The van der Waals surface area contributed by atoms with Crippen molar-refractivity contribution in [1.82, 2.24) is 0 Å². The maximum Gasteiger partial charge on any atom is 0.138 e. The van der Waals surface area contributed by atoms with Crippen LogP contribution in [0.5, 0.6) is 0 Å². The molecule has 0 aliphatic rings. The van der Waals surface area contributed by atoms with Gasteiger partial charge in [-0.15, -0.1) is 22.7 Å². The monoisotopic (exact) mass is 378 g/mol. The van der Waals surface area contributed by atoms with Crippen molar-refractivity contribution in [2.24, 2.45) is 0 Å². The van der Waals surface area contributed by atoms with Crippen LogP contribution in [0.2, 0.25) is 0 Å². The minimum Gasteiger partial charge on any atom is -0.396 e. The molecule has 0 fully saturated rings. The molecule has 0 unspecified atom stereocenters. The Hall–Kier alpha value is -1.68. The van der Waals surface area contributed by atoms with Crippen molar-refractivity contribution < 1.29 is 4.39 Å². The van der Waals surface area contributed by atoms with Crippen molar-refractivity contribution in [2.45, 2.75) is 0 Å². The van der Waals surface area contributed by atoms with Gasteiger partial charge in [-0.25, -0.2) is 4.39 Å². The Balaban J connectivity index is 2.33. The summed E-state index contributed by atoms with van der Waals surface area (Å²) in [6.45, 7) is 0. The third kappa shape index (κ3) is 2.38. The first kappa shape index (κ1) is 14.3. The molecule has 2 aromatic heterocycles. The van der Waals surface area contributed by atoms with Crippen molar-refractivity contribution in [3.05, 3.63) is 50.9 Å². The van der Waals surface area contributed by atoms with E-state index in [-0.39, 0.29) is 5.82 Å². The molecular formula is C15H8BrFN2S2. The Bertz CT molecular complexity index is 847. The maximum atomic E-state index is 13.8. The van der Waals surface area contributed by atoms with Gasteiger partial charge in [0, 0.05) is 20.9 Å². The van der Waals surface area contributed by atoms with Gasteiger partial charge in [0.2, 0.25) is 0 Å². The van der Waals surface area contributed by atoms with Crippen molar-refractivity contribution in [3.63, 3.8) is 0 Å². The standard InChI is InChI=1S/C15H8BrFN2S2/c16-13-8(3-1-4-9(13)17)15-12(10-5-2-6-20-10)14(19)11(7-18)21-15/h1-6H,19H2. The van der Waals surface area contributed by atoms with E-state index >= 15 is 0 Å². The molecule has 3 rings (SSSR count). The zero-order valence-corrected chi connectivity index (χ0v) is 13.8. The van der Waals surface area contributed by atoms with Crippen molar-refractivity contribution in [2.75, 3.05) is 5.73 Å². The number of rotatable bonds is 2. The summed E-state index contributed by atoms with van der Waals surface area (Å²) in [6, 6.07) is 10.8. The van der Waals surface area contributed by atoms with Crippen LogP contribution in [0.1, 0.15) is 4.88 Å². The van der Waals surface area contributed by atoms with Crippen LogP contribution in [-0.2, 0) is 0 Å². The normalized spacial score (nSPS) is 10.5. The topological polar surface area (TPSA) is 49.8 Å². The first-order chi connectivity index (χ1) is 10.1. The van der Waals surface area contributed by atoms with Gasteiger partial charge in [0.15, 0.2) is 0 Å². The summed E-state index contributed by atoms with van der Waals surface area (Å²) in [7, 11) is 0. The lowest BCUT2D eigenvalue weighted by Crippen LogP contribution is -1.88. The van der Waals surface area contributed by atoms with Crippen molar-refractivity contribution in [3.8, 4) is 27.0 Å². The highest BCUT2D eigenvalue weighted by molar-refractivity contribution is 9.10. The van der Waals surface area contributed by atoms with E-state index in [1.54, 1.807) is 17.4 Å². The minimum absolute atomic E-state index is 0.338. The molecule has 2 heterocycles. The smallest absolute Gasteiger partial charge is 0.138 e. The fourth-order valence-corrected chi connectivity index (χ4v) is 4.57. The van der Waals surface area contributed by atoms with Gasteiger partial charge in [-0.2, -0.15) is 5.26 Å². The molecule has 0 amide bonds. The molecule has 0 atom stereocenters. The molecule has 0 saturated carbocycles. The van der Waals surface area contributed by atoms with Gasteiger partial charge in [-0.3, -0.25) is 0 Å². The van der Waals surface area contributed by atoms with E-state index in [0.29, 0.717) is 20.6 Å². The molecule has 0 spiro atoms. The van der Waals surface area contributed by atoms with E-state index in [1.807, 2.05) is 23.6 Å². The van der Waals surface area contributed by atoms with E-state index in [9.17, 15) is 9.65 Å². The van der Waals surface area contributed by atoms with Crippen LogP contribution < -0.4 is 5.73 Å². The van der Waals surface area contributed by atoms with Crippen LogP contribution in [0.15, 0.2) is 40.2 Å². The van der Waals surface area contributed by atoms with Gasteiger partial charge in [-0.1, -0.05) is 18.2 Å². The Morgan fingerprint density at radius 3 is 2.71 bits per heavy atom. The number of anilines is 1. The highest BCUT2D eigenvalue weighted by Gasteiger charge is 2.21. The number of benzene rings is 1. The molecular weight excluding hydrogens is 371 g/mol. The highest BCUT2D eigenvalue weighted by atomic mass is 79.9. The Morgan fingerprint density at radius 2 is 2.05 bits per heavy atom. The Morgan fingerprint density at radius 1 is 1.24 bits per heavy atom. The summed E-state index contributed by atoms with van der Waals surface area (Å²) >= 11 is 6.11. The molecule has 0 saturated heterocycles. The summed E-state index contributed by atoms with van der Waals surface area (Å²) < 4.78 is 14.2. The first-order valence-corrected chi connectivity index (χ1v) is 8.43. The average Bonchev–Trinajstić information content (AvgIpc) is 3.09. The second kappa shape index (κ2) is 5.60. The average molecular weight is 379 g/mol.